The molecule has 0 atom stereocenters. The zero-order valence-corrected chi connectivity index (χ0v) is 13.2. The minimum atomic E-state index is -3.43. The zero-order chi connectivity index (χ0) is 15.0. The summed E-state index contributed by atoms with van der Waals surface area (Å²) >= 11 is 0. The van der Waals surface area contributed by atoms with Crippen LogP contribution in [0, 0.1) is 0 Å². The van der Waals surface area contributed by atoms with Crippen molar-refractivity contribution in [2.24, 2.45) is 0 Å². The number of ether oxygens (including phenoxy) is 1. The number of hydrogen-bond donors (Lipinski definition) is 1. The molecule has 0 spiro atoms. The lowest BCUT2D eigenvalue weighted by molar-refractivity contribution is 0.141. The quantitative estimate of drug-likeness (QED) is 0.710. The minimum absolute atomic E-state index is 0.290. The molecule has 5 nitrogen and oxygen atoms in total. The molecule has 1 N–H and O–H groups in total. The second-order valence-electron chi connectivity index (χ2n) is 4.68. The highest BCUT2D eigenvalue weighted by molar-refractivity contribution is 7.89. The fourth-order valence-electron chi connectivity index (χ4n) is 1.64. The van der Waals surface area contributed by atoms with Crippen LogP contribution in [0.5, 0.6) is 0 Å². The second kappa shape index (κ2) is 8.24. The molecule has 20 heavy (non-hydrogen) atoms. The van der Waals surface area contributed by atoms with Crippen molar-refractivity contribution in [3.05, 3.63) is 24.3 Å². The third-order valence-electron chi connectivity index (χ3n) is 2.85. The summed E-state index contributed by atoms with van der Waals surface area (Å²) < 4.78 is 31.0. The molecule has 0 saturated carbocycles. The highest BCUT2D eigenvalue weighted by Crippen LogP contribution is 2.22. The van der Waals surface area contributed by atoms with Crippen molar-refractivity contribution >= 4 is 15.7 Å². The van der Waals surface area contributed by atoms with Crippen LogP contribution < -0.4 is 5.32 Å². The molecule has 0 heterocycles. The Morgan fingerprint density at radius 3 is 2.55 bits per heavy atom. The van der Waals surface area contributed by atoms with Gasteiger partial charge in [-0.05, 0) is 18.6 Å². The summed E-state index contributed by atoms with van der Waals surface area (Å²) in [5, 5.41) is 3.12. The van der Waals surface area contributed by atoms with Crippen molar-refractivity contribution in [2.75, 3.05) is 39.2 Å². The number of rotatable bonds is 9. The molecule has 1 aromatic rings. The smallest absolute Gasteiger partial charge is 0.244 e. The van der Waals surface area contributed by atoms with E-state index in [1.807, 2.05) is 6.07 Å². The SMILES string of the molecule is CCCCOCCNc1ccccc1S(=O)(=O)N(C)C. The van der Waals surface area contributed by atoms with Gasteiger partial charge in [-0.2, -0.15) is 0 Å². The maximum absolute atomic E-state index is 12.2. The number of anilines is 1. The van der Waals surface area contributed by atoms with E-state index in [0.29, 0.717) is 23.7 Å². The van der Waals surface area contributed by atoms with Crippen molar-refractivity contribution in [1.29, 1.82) is 0 Å². The van der Waals surface area contributed by atoms with E-state index in [2.05, 4.69) is 12.2 Å². The molecule has 0 fully saturated rings. The summed E-state index contributed by atoms with van der Waals surface area (Å²) in [6, 6.07) is 6.91. The summed E-state index contributed by atoms with van der Waals surface area (Å²) in [4.78, 5) is 0.290. The summed E-state index contributed by atoms with van der Waals surface area (Å²) in [7, 11) is -0.373. The zero-order valence-electron chi connectivity index (χ0n) is 12.4. The van der Waals surface area contributed by atoms with E-state index in [9.17, 15) is 8.42 Å². The Morgan fingerprint density at radius 1 is 1.20 bits per heavy atom. The van der Waals surface area contributed by atoms with Crippen molar-refractivity contribution in [3.63, 3.8) is 0 Å². The Bertz CT molecular complexity index is 501. The van der Waals surface area contributed by atoms with Crippen molar-refractivity contribution in [2.45, 2.75) is 24.7 Å². The lowest BCUT2D eigenvalue weighted by Crippen LogP contribution is -2.23. The first-order valence-corrected chi connectivity index (χ1v) is 8.27. The number of sulfonamides is 1. The number of para-hydroxylation sites is 1. The van der Waals surface area contributed by atoms with E-state index in [4.69, 9.17) is 4.74 Å². The van der Waals surface area contributed by atoms with E-state index in [-0.39, 0.29) is 0 Å². The molecule has 0 unspecified atom stereocenters. The molecule has 0 radical (unpaired) electrons. The van der Waals surface area contributed by atoms with Crippen LogP contribution in [0.3, 0.4) is 0 Å². The van der Waals surface area contributed by atoms with Gasteiger partial charge in [-0.25, -0.2) is 12.7 Å². The van der Waals surface area contributed by atoms with Crippen LogP contribution in [0.2, 0.25) is 0 Å². The first-order valence-electron chi connectivity index (χ1n) is 6.83. The van der Waals surface area contributed by atoms with Gasteiger partial charge in [0.1, 0.15) is 4.90 Å². The van der Waals surface area contributed by atoms with E-state index >= 15 is 0 Å². The average Bonchev–Trinajstić information content (AvgIpc) is 2.43. The molecule has 0 amide bonds. The molecule has 114 valence electrons. The topological polar surface area (TPSA) is 58.6 Å². The van der Waals surface area contributed by atoms with Crippen LogP contribution in [0.1, 0.15) is 19.8 Å². The van der Waals surface area contributed by atoms with Crippen LogP contribution in [-0.4, -0.2) is 46.6 Å². The molecule has 0 aliphatic heterocycles. The van der Waals surface area contributed by atoms with Gasteiger partial charge in [0.2, 0.25) is 10.0 Å². The van der Waals surface area contributed by atoms with Gasteiger partial charge in [-0.3, -0.25) is 0 Å². The van der Waals surface area contributed by atoms with Crippen LogP contribution in [0.15, 0.2) is 29.2 Å². The van der Waals surface area contributed by atoms with Gasteiger partial charge in [0.15, 0.2) is 0 Å². The van der Waals surface area contributed by atoms with Gasteiger partial charge in [0.25, 0.3) is 0 Å². The van der Waals surface area contributed by atoms with Gasteiger partial charge in [-0.1, -0.05) is 25.5 Å². The molecule has 0 aliphatic carbocycles. The molecular formula is C14H24N2O3S. The van der Waals surface area contributed by atoms with Crippen LogP contribution in [0.4, 0.5) is 5.69 Å². The fourth-order valence-corrected chi connectivity index (χ4v) is 2.70. The van der Waals surface area contributed by atoms with Crippen molar-refractivity contribution < 1.29 is 13.2 Å². The Labute approximate surface area is 122 Å². The van der Waals surface area contributed by atoms with Gasteiger partial charge in [0.05, 0.1) is 12.3 Å². The van der Waals surface area contributed by atoms with Gasteiger partial charge >= 0.3 is 0 Å². The van der Waals surface area contributed by atoms with Crippen LogP contribution >= 0.6 is 0 Å². The fraction of sp³-hybridized carbons (Fsp3) is 0.571. The summed E-state index contributed by atoms with van der Waals surface area (Å²) in [6.45, 7) is 4.01. The van der Waals surface area contributed by atoms with E-state index in [0.717, 1.165) is 19.4 Å². The van der Waals surface area contributed by atoms with E-state index in [1.54, 1.807) is 18.2 Å². The van der Waals surface area contributed by atoms with E-state index in [1.165, 1.54) is 18.4 Å². The lowest BCUT2D eigenvalue weighted by Gasteiger charge is -2.16. The Kier molecular flexibility index (Phi) is 6.98. The third-order valence-corrected chi connectivity index (χ3v) is 4.72. The third kappa shape index (κ3) is 4.77. The standard InChI is InChI=1S/C14H24N2O3S/c1-4-5-11-19-12-10-15-13-8-6-7-9-14(13)20(17,18)16(2)3/h6-9,15H,4-5,10-12H2,1-3H3. The highest BCUT2D eigenvalue weighted by atomic mass is 32.2. The molecule has 1 aromatic carbocycles. The van der Waals surface area contributed by atoms with Gasteiger partial charge in [-0.15, -0.1) is 0 Å². The van der Waals surface area contributed by atoms with E-state index < -0.39 is 10.0 Å². The molecular weight excluding hydrogens is 276 g/mol. The molecule has 0 aliphatic rings. The molecule has 6 heteroatoms. The van der Waals surface area contributed by atoms with Crippen molar-refractivity contribution in [3.8, 4) is 0 Å². The monoisotopic (exact) mass is 300 g/mol. The molecule has 0 bridgehead atoms. The Hall–Kier alpha value is -1.11. The highest BCUT2D eigenvalue weighted by Gasteiger charge is 2.20. The minimum Gasteiger partial charge on any atom is -0.382 e. The Balaban J connectivity index is 2.63. The maximum Gasteiger partial charge on any atom is 0.244 e. The molecule has 1 rings (SSSR count). The van der Waals surface area contributed by atoms with Crippen LogP contribution in [-0.2, 0) is 14.8 Å². The second-order valence-corrected chi connectivity index (χ2v) is 6.80. The molecule has 0 saturated heterocycles. The predicted molar refractivity (Wildman–Crippen MR) is 81.5 cm³/mol. The normalized spacial score (nSPS) is 11.8. The molecule has 0 aromatic heterocycles. The van der Waals surface area contributed by atoms with Gasteiger partial charge < -0.3 is 10.1 Å². The predicted octanol–water partition coefficient (Wildman–Crippen LogP) is 2.17. The lowest BCUT2D eigenvalue weighted by atomic mass is 10.3. The van der Waals surface area contributed by atoms with Gasteiger partial charge in [0, 0.05) is 27.2 Å². The first kappa shape index (κ1) is 16.9. The first-order chi connectivity index (χ1) is 9.50. The van der Waals surface area contributed by atoms with Crippen LogP contribution in [0.25, 0.3) is 0 Å². The number of benzene rings is 1. The summed E-state index contributed by atoms with van der Waals surface area (Å²) in [5.74, 6) is 0. The van der Waals surface area contributed by atoms with Crippen molar-refractivity contribution in [1.82, 2.24) is 4.31 Å². The number of unbranched alkanes of at least 4 members (excludes halogenated alkanes) is 1. The maximum atomic E-state index is 12.2. The summed E-state index contributed by atoms with van der Waals surface area (Å²) in [6.07, 6.45) is 2.16. The number of hydrogen-bond acceptors (Lipinski definition) is 4. The summed E-state index contributed by atoms with van der Waals surface area (Å²) in [5.41, 5.74) is 0.611. The number of nitrogens with one attached hydrogen (secondary N) is 1. The average molecular weight is 300 g/mol. The Morgan fingerprint density at radius 2 is 1.90 bits per heavy atom. The largest absolute Gasteiger partial charge is 0.382 e. The number of nitrogens with zero attached hydrogens (tertiary/aromatic N) is 1.